The van der Waals surface area contributed by atoms with Crippen molar-refractivity contribution in [1.82, 2.24) is 5.32 Å². The highest BCUT2D eigenvalue weighted by molar-refractivity contribution is 7.92. The first-order valence-corrected chi connectivity index (χ1v) is 11.9. The highest BCUT2D eigenvalue weighted by Crippen LogP contribution is 2.21. The van der Waals surface area contributed by atoms with Crippen molar-refractivity contribution in [2.45, 2.75) is 13.5 Å². The maximum absolute atomic E-state index is 13.2. The number of halogens is 1. The van der Waals surface area contributed by atoms with Crippen molar-refractivity contribution in [3.8, 4) is 5.75 Å². The average molecular weight is 457 g/mol. The van der Waals surface area contributed by atoms with Gasteiger partial charge in [0, 0.05) is 5.56 Å². The Hall–Kier alpha value is -3.39. The molecular formula is C24H25FN2O4S. The van der Waals surface area contributed by atoms with Crippen LogP contribution in [0.5, 0.6) is 5.75 Å². The van der Waals surface area contributed by atoms with E-state index in [1.54, 1.807) is 24.3 Å². The third-order valence-electron chi connectivity index (χ3n) is 4.70. The van der Waals surface area contributed by atoms with Crippen LogP contribution in [0.15, 0.2) is 72.8 Å². The average Bonchev–Trinajstić information content (AvgIpc) is 2.75. The van der Waals surface area contributed by atoms with Crippen LogP contribution >= 0.6 is 0 Å². The van der Waals surface area contributed by atoms with E-state index < -0.39 is 15.8 Å². The summed E-state index contributed by atoms with van der Waals surface area (Å²) in [5.74, 6) is 0.0601. The van der Waals surface area contributed by atoms with Gasteiger partial charge >= 0.3 is 0 Å². The van der Waals surface area contributed by atoms with Crippen LogP contribution in [0.25, 0.3) is 0 Å². The first-order valence-electron chi connectivity index (χ1n) is 10.0. The first kappa shape index (κ1) is 23.3. The molecule has 0 unspecified atom stereocenters. The predicted octanol–water partition coefficient (Wildman–Crippen LogP) is 3.91. The molecule has 0 spiro atoms. The van der Waals surface area contributed by atoms with Crippen LogP contribution in [-0.4, -0.2) is 33.7 Å². The van der Waals surface area contributed by atoms with E-state index in [2.05, 4.69) is 5.32 Å². The summed E-state index contributed by atoms with van der Waals surface area (Å²) in [6.07, 6.45) is 1.09. The van der Waals surface area contributed by atoms with E-state index in [0.29, 0.717) is 30.0 Å². The summed E-state index contributed by atoms with van der Waals surface area (Å²) >= 11 is 0. The minimum Gasteiger partial charge on any atom is -0.492 e. The highest BCUT2D eigenvalue weighted by atomic mass is 32.2. The molecule has 0 saturated heterocycles. The number of nitrogens with one attached hydrogen (secondary N) is 1. The SMILES string of the molecule is Cc1cccc(OCCNC(=O)c2ccc(CN(c3ccc(F)cc3)S(C)(=O)=O)cc2)c1. The molecular weight excluding hydrogens is 431 g/mol. The molecule has 168 valence electrons. The minimum absolute atomic E-state index is 0.0662. The van der Waals surface area contributed by atoms with Crippen LogP contribution in [0.4, 0.5) is 10.1 Å². The smallest absolute Gasteiger partial charge is 0.251 e. The monoisotopic (exact) mass is 456 g/mol. The Morgan fingerprint density at radius 3 is 2.34 bits per heavy atom. The van der Waals surface area contributed by atoms with Gasteiger partial charge in [-0.15, -0.1) is 0 Å². The fourth-order valence-corrected chi connectivity index (χ4v) is 3.96. The molecule has 3 rings (SSSR count). The molecule has 0 aliphatic carbocycles. The van der Waals surface area contributed by atoms with Crippen LogP contribution in [-0.2, 0) is 16.6 Å². The number of benzene rings is 3. The van der Waals surface area contributed by atoms with Gasteiger partial charge in [-0.05, 0) is 66.6 Å². The normalized spacial score (nSPS) is 11.1. The van der Waals surface area contributed by atoms with Crippen LogP contribution in [0.2, 0.25) is 0 Å². The molecule has 1 N–H and O–H groups in total. The van der Waals surface area contributed by atoms with Gasteiger partial charge in [0.2, 0.25) is 10.0 Å². The molecule has 0 fully saturated rings. The van der Waals surface area contributed by atoms with Crippen molar-refractivity contribution in [2.75, 3.05) is 23.7 Å². The number of aryl methyl sites for hydroxylation is 1. The van der Waals surface area contributed by atoms with Crippen molar-refractivity contribution in [3.05, 3.63) is 95.3 Å². The van der Waals surface area contributed by atoms with Crippen LogP contribution in [0.3, 0.4) is 0 Å². The zero-order valence-corrected chi connectivity index (χ0v) is 18.7. The third kappa shape index (κ3) is 6.55. The number of anilines is 1. The molecule has 0 aliphatic heterocycles. The number of amides is 1. The molecule has 0 radical (unpaired) electrons. The van der Waals surface area contributed by atoms with E-state index in [0.717, 1.165) is 17.6 Å². The minimum atomic E-state index is -3.58. The highest BCUT2D eigenvalue weighted by Gasteiger charge is 2.18. The van der Waals surface area contributed by atoms with Crippen LogP contribution in [0, 0.1) is 12.7 Å². The summed E-state index contributed by atoms with van der Waals surface area (Å²) in [5, 5.41) is 2.79. The number of hydrogen-bond donors (Lipinski definition) is 1. The van der Waals surface area contributed by atoms with Crippen molar-refractivity contribution in [1.29, 1.82) is 0 Å². The Labute approximate surface area is 187 Å². The molecule has 0 aromatic heterocycles. The largest absolute Gasteiger partial charge is 0.492 e. The lowest BCUT2D eigenvalue weighted by Gasteiger charge is -2.22. The van der Waals surface area contributed by atoms with Gasteiger partial charge in [0.25, 0.3) is 5.91 Å². The zero-order chi connectivity index (χ0) is 23.1. The molecule has 8 heteroatoms. The zero-order valence-electron chi connectivity index (χ0n) is 17.9. The van der Waals surface area contributed by atoms with E-state index in [1.807, 2.05) is 31.2 Å². The van der Waals surface area contributed by atoms with Gasteiger partial charge in [0.15, 0.2) is 0 Å². The Balaban J connectivity index is 1.57. The van der Waals surface area contributed by atoms with Gasteiger partial charge in [-0.1, -0.05) is 24.3 Å². The number of rotatable bonds is 9. The maximum atomic E-state index is 13.2. The quantitative estimate of drug-likeness (QED) is 0.496. The van der Waals surface area contributed by atoms with Gasteiger partial charge in [-0.2, -0.15) is 0 Å². The topological polar surface area (TPSA) is 75.7 Å². The molecule has 0 saturated carbocycles. The lowest BCUT2D eigenvalue weighted by Crippen LogP contribution is -2.29. The van der Waals surface area contributed by atoms with Gasteiger partial charge in [0.05, 0.1) is 25.0 Å². The summed E-state index contributed by atoms with van der Waals surface area (Å²) in [4.78, 5) is 12.3. The Kier molecular flexibility index (Phi) is 7.48. The van der Waals surface area contributed by atoms with E-state index in [9.17, 15) is 17.6 Å². The number of carbonyl (C=O) groups excluding carboxylic acids is 1. The second-order valence-corrected chi connectivity index (χ2v) is 9.27. The molecule has 32 heavy (non-hydrogen) atoms. The van der Waals surface area contributed by atoms with Crippen molar-refractivity contribution >= 4 is 21.6 Å². The van der Waals surface area contributed by atoms with Crippen molar-refractivity contribution in [3.63, 3.8) is 0 Å². The van der Waals surface area contributed by atoms with E-state index >= 15 is 0 Å². The molecule has 6 nitrogen and oxygen atoms in total. The molecule has 3 aromatic rings. The van der Waals surface area contributed by atoms with Crippen LogP contribution in [0.1, 0.15) is 21.5 Å². The summed E-state index contributed by atoms with van der Waals surface area (Å²) in [5.41, 5.74) is 2.61. The van der Waals surface area contributed by atoms with Gasteiger partial charge in [0.1, 0.15) is 18.2 Å². The molecule has 0 atom stereocenters. The fraction of sp³-hybridized carbons (Fsp3) is 0.208. The Morgan fingerprint density at radius 2 is 1.72 bits per heavy atom. The molecule has 0 aliphatic rings. The molecule has 0 bridgehead atoms. The van der Waals surface area contributed by atoms with Gasteiger partial charge < -0.3 is 10.1 Å². The Bertz CT molecular complexity index is 1160. The fourth-order valence-electron chi connectivity index (χ4n) is 3.08. The second kappa shape index (κ2) is 10.3. The number of nitrogens with zero attached hydrogens (tertiary/aromatic N) is 1. The summed E-state index contributed by atoms with van der Waals surface area (Å²) in [6.45, 7) is 2.74. The van der Waals surface area contributed by atoms with E-state index in [-0.39, 0.29) is 12.5 Å². The number of sulfonamides is 1. The number of ether oxygens (including phenoxy) is 1. The summed E-state index contributed by atoms with van der Waals surface area (Å²) in [7, 11) is -3.58. The predicted molar refractivity (Wildman–Crippen MR) is 123 cm³/mol. The maximum Gasteiger partial charge on any atom is 0.251 e. The molecule has 1 amide bonds. The lowest BCUT2D eigenvalue weighted by atomic mass is 10.1. The first-order chi connectivity index (χ1) is 15.2. The Morgan fingerprint density at radius 1 is 1.03 bits per heavy atom. The molecule has 0 heterocycles. The van der Waals surface area contributed by atoms with Crippen molar-refractivity contribution < 1.29 is 22.3 Å². The number of carbonyl (C=O) groups is 1. The summed E-state index contributed by atoms with van der Waals surface area (Å²) in [6, 6.07) is 19.6. The number of hydrogen-bond acceptors (Lipinski definition) is 4. The summed E-state index contributed by atoms with van der Waals surface area (Å²) < 4.78 is 44.4. The van der Waals surface area contributed by atoms with E-state index in [4.69, 9.17) is 4.74 Å². The van der Waals surface area contributed by atoms with E-state index in [1.165, 1.54) is 28.6 Å². The third-order valence-corrected chi connectivity index (χ3v) is 5.84. The lowest BCUT2D eigenvalue weighted by molar-refractivity contribution is 0.0947. The standard InChI is InChI=1S/C24H25FN2O4S/c1-18-4-3-5-23(16-18)31-15-14-26-24(28)20-8-6-19(7-9-20)17-27(32(2,29)30)22-12-10-21(25)11-13-22/h3-13,16H,14-15,17H2,1-2H3,(H,26,28). The van der Waals surface area contributed by atoms with Gasteiger partial charge in [-0.25, -0.2) is 12.8 Å². The van der Waals surface area contributed by atoms with Gasteiger partial charge in [-0.3, -0.25) is 9.10 Å². The molecule has 3 aromatic carbocycles. The van der Waals surface area contributed by atoms with Crippen LogP contribution < -0.4 is 14.4 Å². The van der Waals surface area contributed by atoms with Crippen molar-refractivity contribution in [2.24, 2.45) is 0 Å². The second-order valence-electron chi connectivity index (χ2n) is 7.36.